The van der Waals surface area contributed by atoms with E-state index in [0.717, 1.165) is 42.8 Å². The molecular formula is C21H28N4O3. The van der Waals surface area contributed by atoms with Gasteiger partial charge in [-0.25, -0.2) is 4.98 Å². The Morgan fingerprint density at radius 2 is 2.18 bits per heavy atom. The molecule has 3 heterocycles. The van der Waals surface area contributed by atoms with Crippen molar-refractivity contribution in [1.82, 2.24) is 14.9 Å². The van der Waals surface area contributed by atoms with Gasteiger partial charge < -0.3 is 14.7 Å². The van der Waals surface area contributed by atoms with Crippen LogP contribution in [0.3, 0.4) is 0 Å². The molecule has 0 aliphatic carbocycles. The number of aromatic amines is 1. The average molecular weight is 384 g/mol. The summed E-state index contributed by atoms with van der Waals surface area (Å²) in [5.74, 6) is 1.57. The molecule has 2 aromatic rings. The summed E-state index contributed by atoms with van der Waals surface area (Å²) in [6.07, 6.45) is 4.16. The van der Waals surface area contributed by atoms with E-state index in [1.54, 1.807) is 13.2 Å². The number of nitrogens with zero attached hydrogens (tertiary/aromatic N) is 3. The van der Waals surface area contributed by atoms with Crippen LogP contribution in [0, 0.1) is 0 Å². The Kier molecular flexibility index (Phi) is 5.26. The molecule has 0 saturated carbocycles. The minimum Gasteiger partial charge on any atom is -0.507 e. The van der Waals surface area contributed by atoms with Gasteiger partial charge in [-0.1, -0.05) is 6.07 Å². The monoisotopic (exact) mass is 384 g/mol. The molecule has 0 radical (unpaired) electrons. The van der Waals surface area contributed by atoms with E-state index in [4.69, 9.17) is 9.72 Å². The first-order chi connectivity index (χ1) is 13.5. The van der Waals surface area contributed by atoms with Crippen LogP contribution in [0.15, 0.2) is 23.0 Å². The van der Waals surface area contributed by atoms with E-state index in [2.05, 4.69) is 21.7 Å². The molecule has 7 heteroatoms. The molecule has 0 bridgehead atoms. The van der Waals surface area contributed by atoms with Gasteiger partial charge in [-0.3, -0.25) is 14.7 Å². The molecule has 1 aromatic carbocycles. The first-order valence-corrected chi connectivity index (χ1v) is 10.0. The van der Waals surface area contributed by atoms with E-state index in [9.17, 15) is 9.90 Å². The predicted octanol–water partition coefficient (Wildman–Crippen LogP) is 2.42. The molecule has 2 aliphatic rings. The summed E-state index contributed by atoms with van der Waals surface area (Å²) in [6, 6.07) is 5.76. The minimum absolute atomic E-state index is 0.00952. The molecule has 150 valence electrons. The number of nitrogens with one attached hydrogen (secondary N) is 1. The number of aromatic hydroxyl groups is 1. The molecule has 0 unspecified atom stereocenters. The summed E-state index contributed by atoms with van der Waals surface area (Å²) in [7, 11) is 1.58. The Bertz CT molecular complexity index is 911. The molecule has 2 N–H and O–H groups in total. The van der Waals surface area contributed by atoms with Gasteiger partial charge in [-0.05, 0) is 38.7 Å². The topological polar surface area (TPSA) is 81.7 Å². The van der Waals surface area contributed by atoms with E-state index in [1.165, 1.54) is 6.42 Å². The van der Waals surface area contributed by atoms with Gasteiger partial charge in [0.15, 0.2) is 0 Å². The number of rotatable bonds is 4. The van der Waals surface area contributed by atoms with E-state index in [-0.39, 0.29) is 11.3 Å². The maximum atomic E-state index is 12.6. The number of hydrogen-bond acceptors (Lipinski definition) is 6. The molecule has 0 spiro atoms. The lowest BCUT2D eigenvalue weighted by atomic mass is 10.0. The quantitative estimate of drug-likeness (QED) is 0.843. The lowest BCUT2D eigenvalue weighted by molar-refractivity contribution is 0.237. The average Bonchev–Trinajstić information content (AvgIpc) is 2.69. The fourth-order valence-corrected chi connectivity index (χ4v) is 4.21. The van der Waals surface area contributed by atoms with Crippen LogP contribution in [0.2, 0.25) is 0 Å². The number of H-pyrrole nitrogens is 1. The fraction of sp³-hybridized carbons (Fsp3) is 0.524. The Balaban J connectivity index is 1.55. The molecular weight excluding hydrogens is 356 g/mol. The van der Waals surface area contributed by atoms with Crippen molar-refractivity contribution >= 4 is 5.95 Å². The Morgan fingerprint density at radius 3 is 2.93 bits per heavy atom. The largest absolute Gasteiger partial charge is 0.507 e. The zero-order valence-corrected chi connectivity index (χ0v) is 16.6. The SMILES string of the molecule is COc1ccc(CN2CCc3c(nc(N4CCCC[C@@H]4C)[nH]c3=O)C2)c(O)c1. The van der Waals surface area contributed by atoms with Crippen molar-refractivity contribution in [3.8, 4) is 11.5 Å². The Labute approximate surface area is 165 Å². The van der Waals surface area contributed by atoms with Gasteiger partial charge in [-0.2, -0.15) is 0 Å². The smallest absolute Gasteiger partial charge is 0.255 e. The van der Waals surface area contributed by atoms with Crippen LogP contribution in [-0.2, 0) is 19.5 Å². The molecule has 1 aromatic heterocycles. The highest BCUT2D eigenvalue weighted by atomic mass is 16.5. The molecule has 28 heavy (non-hydrogen) atoms. The van der Waals surface area contributed by atoms with Crippen LogP contribution < -0.4 is 15.2 Å². The van der Waals surface area contributed by atoms with Gasteiger partial charge >= 0.3 is 0 Å². The number of aromatic nitrogens is 2. The number of anilines is 1. The lowest BCUT2D eigenvalue weighted by Gasteiger charge is -2.35. The number of hydrogen-bond donors (Lipinski definition) is 2. The number of fused-ring (bicyclic) bond motifs is 1. The van der Waals surface area contributed by atoms with Gasteiger partial charge in [0.05, 0.1) is 12.8 Å². The maximum absolute atomic E-state index is 12.6. The van der Waals surface area contributed by atoms with Crippen molar-refractivity contribution in [1.29, 1.82) is 0 Å². The second kappa shape index (κ2) is 7.83. The number of benzene rings is 1. The predicted molar refractivity (Wildman–Crippen MR) is 108 cm³/mol. The van der Waals surface area contributed by atoms with E-state index >= 15 is 0 Å². The van der Waals surface area contributed by atoms with Crippen molar-refractivity contribution in [3.63, 3.8) is 0 Å². The number of piperidine rings is 1. The molecule has 1 fully saturated rings. The highest BCUT2D eigenvalue weighted by Gasteiger charge is 2.25. The Hall–Kier alpha value is -2.54. The highest BCUT2D eigenvalue weighted by Crippen LogP contribution is 2.27. The number of phenols is 1. The van der Waals surface area contributed by atoms with Crippen LogP contribution >= 0.6 is 0 Å². The lowest BCUT2D eigenvalue weighted by Crippen LogP contribution is -2.41. The molecule has 2 aliphatic heterocycles. The van der Waals surface area contributed by atoms with Crippen LogP contribution in [-0.4, -0.2) is 46.2 Å². The normalized spacial score (nSPS) is 20.1. The van der Waals surface area contributed by atoms with Crippen LogP contribution in [0.4, 0.5) is 5.95 Å². The van der Waals surface area contributed by atoms with E-state index in [0.29, 0.717) is 37.3 Å². The molecule has 4 rings (SSSR count). The third kappa shape index (κ3) is 3.71. The highest BCUT2D eigenvalue weighted by molar-refractivity contribution is 5.40. The summed E-state index contributed by atoms with van der Waals surface area (Å²) >= 11 is 0. The molecule has 1 saturated heterocycles. The summed E-state index contributed by atoms with van der Waals surface area (Å²) in [5.41, 5.74) is 2.49. The van der Waals surface area contributed by atoms with Crippen molar-refractivity contribution in [2.24, 2.45) is 0 Å². The summed E-state index contributed by atoms with van der Waals surface area (Å²) < 4.78 is 5.15. The number of ether oxygens (including phenoxy) is 1. The minimum atomic E-state index is -0.00952. The zero-order chi connectivity index (χ0) is 19.7. The molecule has 0 amide bonds. The van der Waals surface area contributed by atoms with Crippen molar-refractivity contribution in [3.05, 3.63) is 45.4 Å². The Morgan fingerprint density at radius 1 is 1.32 bits per heavy atom. The van der Waals surface area contributed by atoms with Gasteiger partial charge in [0.25, 0.3) is 5.56 Å². The third-order valence-electron chi connectivity index (χ3n) is 5.90. The fourth-order valence-electron chi connectivity index (χ4n) is 4.21. The van der Waals surface area contributed by atoms with Crippen LogP contribution in [0.1, 0.15) is 43.0 Å². The summed E-state index contributed by atoms with van der Waals surface area (Å²) in [4.78, 5) is 24.9. The first kappa shape index (κ1) is 18.8. The standard InChI is InChI=1S/C21H28N4O3/c1-14-5-3-4-9-25(14)21-22-18-13-24(10-8-17(18)20(27)23-21)12-15-6-7-16(28-2)11-19(15)26/h6-7,11,14,26H,3-5,8-10,12-13H2,1-2H3,(H,22,23,27)/t14-/m0/s1. The number of methoxy groups -OCH3 is 1. The third-order valence-corrected chi connectivity index (χ3v) is 5.90. The van der Waals surface area contributed by atoms with Gasteiger partial charge in [0.2, 0.25) is 5.95 Å². The second-order valence-electron chi connectivity index (χ2n) is 7.81. The second-order valence-corrected chi connectivity index (χ2v) is 7.81. The maximum Gasteiger partial charge on any atom is 0.255 e. The van der Waals surface area contributed by atoms with Gasteiger partial charge in [0.1, 0.15) is 11.5 Å². The van der Waals surface area contributed by atoms with Crippen molar-refractivity contribution < 1.29 is 9.84 Å². The van der Waals surface area contributed by atoms with Crippen LogP contribution in [0.25, 0.3) is 0 Å². The van der Waals surface area contributed by atoms with E-state index in [1.807, 2.05) is 12.1 Å². The summed E-state index contributed by atoms with van der Waals surface area (Å²) in [6.45, 7) is 5.12. The molecule has 7 nitrogen and oxygen atoms in total. The summed E-state index contributed by atoms with van der Waals surface area (Å²) in [5, 5.41) is 10.3. The van der Waals surface area contributed by atoms with Crippen molar-refractivity contribution in [2.75, 3.05) is 25.1 Å². The zero-order valence-electron chi connectivity index (χ0n) is 16.6. The molecule has 1 atom stereocenters. The first-order valence-electron chi connectivity index (χ1n) is 10.0. The van der Waals surface area contributed by atoms with Gasteiger partial charge in [0, 0.05) is 49.4 Å². The number of phenolic OH excluding ortho intramolecular Hbond substituents is 1. The van der Waals surface area contributed by atoms with Crippen molar-refractivity contribution in [2.45, 2.75) is 51.7 Å². The van der Waals surface area contributed by atoms with E-state index < -0.39 is 0 Å². The van der Waals surface area contributed by atoms with Gasteiger partial charge in [-0.15, -0.1) is 0 Å². The van der Waals surface area contributed by atoms with Crippen LogP contribution in [0.5, 0.6) is 11.5 Å².